The average molecular weight is 700 g/mol. The number of piperidine rings is 1. The van der Waals surface area contributed by atoms with Gasteiger partial charge in [-0.2, -0.15) is 0 Å². The molecule has 0 N–H and O–H groups in total. The fourth-order valence-corrected chi connectivity index (χ4v) is 7.99. The van der Waals surface area contributed by atoms with E-state index in [1.54, 1.807) is 0 Å². The maximum absolute atomic E-state index is 13.7. The van der Waals surface area contributed by atoms with E-state index >= 15 is 0 Å². The van der Waals surface area contributed by atoms with Crippen LogP contribution in [0.3, 0.4) is 0 Å². The molecule has 0 atom stereocenters. The predicted molar refractivity (Wildman–Crippen MR) is 215 cm³/mol. The van der Waals surface area contributed by atoms with Crippen molar-refractivity contribution in [2.45, 2.75) is 223 Å². The lowest BCUT2D eigenvalue weighted by molar-refractivity contribution is -0.105. The summed E-state index contributed by atoms with van der Waals surface area (Å²) in [6.07, 6.45) is 21.7. The molecule has 0 aromatic carbocycles. The predicted octanol–water partition coefficient (Wildman–Crippen LogP) is 14.7. The van der Waals surface area contributed by atoms with Gasteiger partial charge in [0.1, 0.15) is 11.3 Å². The topological polar surface area (TPSA) is 12.5 Å². The van der Waals surface area contributed by atoms with Gasteiger partial charge in [0, 0.05) is 7.11 Å². The minimum absolute atomic E-state index is 0. The Labute approximate surface area is 308 Å². The van der Waals surface area contributed by atoms with Crippen LogP contribution in [0.25, 0.3) is 0 Å². The molecule has 4 aliphatic carbocycles. The van der Waals surface area contributed by atoms with Crippen molar-refractivity contribution in [3.05, 3.63) is 0 Å². The highest BCUT2D eigenvalue weighted by molar-refractivity contribution is 4.92. The summed E-state index contributed by atoms with van der Waals surface area (Å²) >= 11 is 0. The van der Waals surface area contributed by atoms with Gasteiger partial charge in [0.2, 0.25) is 0 Å². The molecule has 49 heavy (non-hydrogen) atoms. The number of likely N-dealkylation sites (tertiary alicyclic amines) is 1. The zero-order valence-corrected chi connectivity index (χ0v) is 35.1. The largest absolute Gasteiger partial charge is 0.378 e. The number of hydrogen-bond acceptors (Lipinski definition) is 2. The van der Waals surface area contributed by atoms with Crippen LogP contribution in [0.2, 0.25) is 0 Å². The Morgan fingerprint density at radius 3 is 0.959 bits per heavy atom. The second-order valence-electron chi connectivity index (χ2n) is 19.1. The standard InChI is InChI=1S/C10H21N.C10H20.C9H17F.C8H16O.C7H13F.CH4/c1-9(2)10(3)5-7-11(4)8-6-10;1-9(2)10(3)7-5-4-6-8-10;1-8(2)9(10)6-4-3-5-7-9;1-7(2)8(9-3)5-4-6-8;1-6(2)7(8)4-3-5-7;/h9H,5-8H2,1-4H3;9H,4-8H2,1-3H3;8H,3-7H2,1-2H3;7H,4-6H2,1-3H3;6H,3-5H2,1-2H3;1H4. The third-order valence-electron chi connectivity index (χ3n) is 14.5. The van der Waals surface area contributed by atoms with Crippen LogP contribution in [0.1, 0.15) is 206 Å². The Hall–Kier alpha value is -0.220. The quantitative estimate of drug-likeness (QED) is 0.274. The molecule has 1 aliphatic heterocycles. The second-order valence-corrected chi connectivity index (χ2v) is 19.1. The highest BCUT2D eigenvalue weighted by atomic mass is 19.1. The van der Waals surface area contributed by atoms with E-state index in [9.17, 15) is 8.78 Å². The van der Waals surface area contributed by atoms with Crippen LogP contribution in [-0.4, -0.2) is 49.1 Å². The van der Waals surface area contributed by atoms with Gasteiger partial charge in [0.05, 0.1) is 5.60 Å². The van der Waals surface area contributed by atoms with Crippen molar-refractivity contribution in [2.24, 2.45) is 40.4 Å². The molecular weight excluding hydrogens is 608 g/mol. The molecule has 4 saturated carbocycles. The molecule has 0 aromatic rings. The highest BCUT2D eigenvalue weighted by Crippen LogP contribution is 2.43. The van der Waals surface area contributed by atoms with Gasteiger partial charge in [-0.3, -0.25) is 0 Å². The minimum Gasteiger partial charge on any atom is -0.378 e. The van der Waals surface area contributed by atoms with E-state index in [-0.39, 0.29) is 24.9 Å². The van der Waals surface area contributed by atoms with Gasteiger partial charge in [0.25, 0.3) is 0 Å². The Kier molecular flexibility index (Phi) is 22.0. The van der Waals surface area contributed by atoms with E-state index < -0.39 is 11.3 Å². The van der Waals surface area contributed by atoms with Crippen LogP contribution in [0.4, 0.5) is 8.78 Å². The molecule has 0 aromatic heterocycles. The average Bonchev–Trinajstić information content (AvgIpc) is 2.99. The Morgan fingerprint density at radius 1 is 0.449 bits per heavy atom. The van der Waals surface area contributed by atoms with Crippen LogP contribution >= 0.6 is 0 Å². The summed E-state index contributed by atoms with van der Waals surface area (Å²) in [6.45, 7) is 29.3. The molecule has 0 radical (unpaired) electrons. The van der Waals surface area contributed by atoms with Crippen molar-refractivity contribution in [3.8, 4) is 0 Å². The molecule has 0 unspecified atom stereocenters. The van der Waals surface area contributed by atoms with E-state index in [2.05, 4.69) is 67.3 Å². The number of rotatable bonds is 6. The van der Waals surface area contributed by atoms with Crippen LogP contribution in [0.15, 0.2) is 0 Å². The molecule has 5 rings (SSSR count). The maximum atomic E-state index is 13.7. The van der Waals surface area contributed by atoms with Gasteiger partial charge in [-0.25, -0.2) is 8.78 Å². The van der Waals surface area contributed by atoms with Crippen molar-refractivity contribution in [1.82, 2.24) is 4.90 Å². The molecule has 5 fully saturated rings. The summed E-state index contributed by atoms with van der Waals surface area (Å²) in [4.78, 5) is 2.43. The molecule has 296 valence electrons. The molecule has 1 heterocycles. The van der Waals surface area contributed by atoms with Gasteiger partial charge >= 0.3 is 0 Å². The van der Waals surface area contributed by atoms with E-state index in [1.807, 2.05) is 34.8 Å². The lowest BCUT2D eigenvalue weighted by Gasteiger charge is -2.44. The van der Waals surface area contributed by atoms with Gasteiger partial charge in [-0.15, -0.1) is 0 Å². The molecule has 1 saturated heterocycles. The summed E-state index contributed by atoms with van der Waals surface area (Å²) < 4.78 is 32.2. The lowest BCUT2D eigenvalue weighted by atomic mass is 9.69. The molecule has 5 aliphatic rings. The summed E-state index contributed by atoms with van der Waals surface area (Å²) in [7, 11) is 4.05. The van der Waals surface area contributed by atoms with Crippen molar-refractivity contribution < 1.29 is 13.5 Å². The summed E-state index contributed by atoms with van der Waals surface area (Å²) in [6, 6.07) is 0. The summed E-state index contributed by atoms with van der Waals surface area (Å²) in [5, 5.41) is 0. The first-order valence-electron chi connectivity index (χ1n) is 20.8. The van der Waals surface area contributed by atoms with Crippen molar-refractivity contribution in [3.63, 3.8) is 0 Å². The number of halogens is 2. The number of methoxy groups -OCH3 is 1. The SMILES string of the molecule is C.CC(C)C1(C)CCCCC1.CC(C)C1(C)CCN(C)CC1.CC(C)C1(F)CCC1.CC(C)C1(F)CCCCC1.COC1(C(C)C)CCC1. The Balaban J connectivity index is 0.000000587. The van der Waals surface area contributed by atoms with Crippen LogP contribution in [0, 0.1) is 40.4 Å². The Bertz CT molecular complexity index is 787. The molecule has 2 nitrogen and oxygen atoms in total. The molecule has 0 spiro atoms. The van der Waals surface area contributed by atoms with Gasteiger partial charge in [-0.05, 0) is 138 Å². The third-order valence-corrected chi connectivity index (χ3v) is 14.5. The van der Waals surface area contributed by atoms with Crippen LogP contribution in [-0.2, 0) is 4.74 Å². The Morgan fingerprint density at radius 2 is 0.776 bits per heavy atom. The maximum Gasteiger partial charge on any atom is 0.113 e. The number of hydrogen-bond donors (Lipinski definition) is 0. The van der Waals surface area contributed by atoms with Gasteiger partial charge < -0.3 is 9.64 Å². The lowest BCUT2D eigenvalue weighted by Crippen LogP contribution is -2.43. The molecule has 4 heteroatoms. The summed E-state index contributed by atoms with van der Waals surface area (Å²) in [5.41, 5.74) is -0.0387. The monoisotopic (exact) mass is 700 g/mol. The fraction of sp³-hybridized carbons (Fsp3) is 1.00. The molecule has 0 bridgehead atoms. The van der Waals surface area contributed by atoms with Crippen LogP contribution < -0.4 is 0 Å². The fourth-order valence-electron chi connectivity index (χ4n) is 7.99. The van der Waals surface area contributed by atoms with Gasteiger partial charge in [0.15, 0.2) is 0 Å². The van der Waals surface area contributed by atoms with Crippen molar-refractivity contribution >= 4 is 0 Å². The minimum atomic E-state index is -0.821. The van der Waals surface area contributed by atoms with Crippen molar-refractivity contribution in [2.75, 3.05) is 27.2 Å². The first kappa shape index (κ1) is 48.8. The molecule has 0 amide bonds. The first-order valence-corrected chi connectivity index (χ1v) is 20.8. The highest BCUT2D eigenvalue weighted by Gasteiger charge is 2.40. The normalized spacial score (nSPS) is 24.7. The number of ether oxygens (including phenoxy) is 1. The number of nitrogens with zero attached hydrogens (tertiary/aromatic N) is 1. The van der Waals surface area contributed by atoms with Crippen LogP contribution in [0.5, 0.6) is 0 Å². The van der Waals surface area contributed by atoms with E-state index in [4.69, 9.17) is 4.74 Å². The third kappa shape index (κ3) is 15.3. The number of alkyl halides is 2. The van der Waals surface area contributed by atoms with E-state index in [0.717, 1.165) is 56.8 Å². The smallest absolute Gasteiger partial charge is 0.113 e. The molecular formula is C45H91F2NO. The van der Waals surface area contributed by atoms with E-state index in [0.29, 0.717) is 16.7 Å². The first-order chi connectivity index (χ1) is 22.2. The second kappa shape index (κ2) is 22.1. The zero-order chi connectivity index (χ0) is 36.8. The zero-order valence-electron chi connectivity index (χ0n) is 35.1. The van der Waals surface area contributed by atoms with Gasteiger partial charge in [-0.1, -0.05) is 129 Å². The summed E-state index contributed by atoms with van der Waals surface area (Å²) in [5.74, 6) is 2.87. The van der Waals surface area contributed by atoms with Crippen molar-refractivity contribution in [1.29, 1.82) is 0 Å². The van der Waals surface area contributed by atoms with E-state index in [1.165, 1.54) is 83.7 Å².